The van der Waals surface area contributed by atoms with Crippen LogP contribution in [0.2, 0.25) is 0 Å². The van der Waals surface area contributed by atoms with Crippen molar-refractivity contribution in [2.24, 2.45) is 0 Å². The number of halogens is 18. The van der Waals surface area contributed by atoms with E-state index in [0.717, 1.165) is 0 Å². The van der Waals surface area contributed by atoms with Gasteiger partial charge >= 0.3 is 60.6 Å². The number of carbonyl (C=O) groups is 2. The van der Waals surface area contributed by atoms with Crippen molar-refractivity contribution in [2.45, 2.75) is 48.6 Å². The Morgan fingerprint density at radius 3 is 0.758 bits per heavy atom. The van der Waals surface area contributed by atoms with Gasteiger partial charge in [-0.05, 0) is 0 Å². The predicted octanol–water partition coefficient (Wildman–Crippen LogP) is 4.86. The van der Waals surface area contributed by atoms with Crippen LogP contribution >= 0.6 is 0 Å². The Kier molecular flexibility index (Phi) is 7.68. The standard InChI is InChI=1S/C10F18O5/c11-3(5(13,14)15,32-9(25,26)7(19,20)21)1(29)31-2(30)4(12,6(16,17)18)33-10(27,28)8(22,23)24. The van der Waals surface area contributed by atoms with E-state index in [1.807, 2.05) is 4.74 Å². The molecule has 0 bridgehead atoms. The first kappa shape index (κ1) is 30.8. The van der Waals surface area contributed by atoms with E-state index in [2.05, 4.69) is 0 Å². The van der Waals surface area contributed by atoms with E-state index in [-0.39, 0.29) is 0 Å². The Hall–Kier alpha value is -2.20. The highest BCUT2D eigenvalue weighted by atomic mass is 19.4. The van der Waals surface area contributed by atoms with E-state index in [1.54, 1.807) is 0 Å². The fourth-order valence-electron chi connectivity index (χ4n) is 1.11. The molecule has 0 saturated carbocycles. The summed E-state index contributed by atoms with van der Waals surface area (Å²) in [6.45, 7) is 0. The zero-order valence-corrected chi connectivity index (χ0v) is 13.8. The van der Waals surface area contributed by atoms with Crippen molar-refractivity contribution in [3.05, 3.63) is 0 Å². The van der Waals surface area contributed by atoms with Gasteiger partial charge in [-0.2, -0.15) is 79.0 Å². The van der Waals surface area contributed by atoms with Gasteiger partial charge in [0.15, 0.2) is 0 Å². The van der Waals surface area contributed by atoms with E-state index >= 15 is 0 Å². The monoisotopic (exact) mass is 542 g/mol. The fourth-order valence-corrected chi connectivity index (χ4v) is 1.11. The van der Waals surface area contributed by atoms with Gasteiger partial charge in [-0.1, -0.05) is 0 Å². The number of esters is 2. The third kappa shape index (κ3) is 6.03. The lowest BCUT2D eigenvalue weighted by atomic mass is 10.2. The molecule has 0 aliphatic carbocycles. The second-order valence-electron chi connectivity index (χ2n) is 5.10. The molecule has 0 aliphatic heterocycles. The second-order valence-corrected chi connectivity index (χ2v) is 5.10. The molecule has 0 heterocycles. The molecule has 33 heavy (non-hydrogen) atoms. The van der Waals surface area contributed by atoms with Gasteiger partial charge in [-0.25, -0.2) is 9.59 Å². The maximum atomic E-state index is 13.6. The van der Waals surface area contributed by atoms with E-state index < -0.39 is 60.6 Å². The zero-order chi connectivity index (χ0) is 27.3. The summed E-state index contributed by atoms with van der Waals surface area (Å²) in [5, 5.41) is 0. The topological polar surface area (TPSA) is 61.8 Å². The minimum absolute atomic E-state index is 1.52. The van der Waals surface area contributed by atoms with Crippen LogP contribution in [0.15, 0.2) is 0 Å². The fraction of sp³-hybridized carbons (Fsp3) is 0.800. The second kappa shape index (κ2) is 8.23. The first-order valence-electron chi connectivity index (χ1n) is 6.53. The molecular formula is C10F18O5. The Morgan fingerprint density at radius 2 is 0.606 bits per heavy atom. The number of hydrogen-bond acceptors (Lipinski definition) is 5. The molecule has 5 nitrogen and oxygen atoms in total. The summed E-state index contributed by atoms with van der Waals surface area (Å²) >= 11 is 0. The molecule has 0 aromatic heterocycles. The summed E-state index contributed by atoms with van der Waals surface area (Å²) in [7, 11) is 0. The third-order valence-corrected chi connectivity index (χ3v) is 2.64. The highest BCUT2D eigenvalue weighted by Crippen LogP contribution is 2.48. The molecule has 0 amide bonds. The molecule has 0 fully saturated rings. The number of ether oxygens (including phenoxy) is 3. The van der Waals surface area contributed by atoms with E-state index in [4.69, 9.17) is 0 Å². The zero-order valence-electron chi connectivity index (χ0n) is 13.8. The molecule has 0 radical (unpaired) electrons. The van der Waals surface area contributed by atoms with Gasteiger partial charge in [-0.3, -0.25) is 9.47 Å². The van der Waals surface area contributed by atoms with Gasteiger partial charge in [0, 0.05) is 0 Å². The smallest absolute Gasteiger partial charge is 0.384 e. The van der Waals surface area contributed by atoms with Gasteiger partial charge in [-0.15, -0.1) is 0 Å². The van der Waals surface area contributed by atoms with Crippen LogP contribution in [0.1, 0.15) is 0 Å². The van der Waals surface area contributed by atoms with Crippen LogP contribution in [0.25, 0.3) is 0 Å². The quantitative estimate of drug-likeness (QED) is 0.273. The summed E-state index contributed by atoms with van der Waals surface area (Å²) < 4.78 is 228. The van der Waals surface area contributed by atoms with E-state index in [9.17, 15) is 88.6 Å². The Balaban J connectivity index is 6.35. The minimum Gasteiger partial charge on any atom is -0.384 e. The number of rotatable bonds is 6. The molecule has 0 spiro atoms. The number of carbonyl (C=O) groups excluding carboxylic acids is 2. The Labute approximate surface area is 165 Å². The van der Waals surface area contributed by atoms with Crippen molar-refractivity contribution >= 4 is 11.9 Å². The summed E-state index contributed by atoms with van der Waals surface area (Å²) in [6.07, 6.45) is -44.3. The van der Waals surface area contributed by atoms with Crippen molar-refractivity contribution in [1.82, 2.24) is 0 Å². The lowest BCUT2D eigenvalue weighted by molar-refractivity contribution is -0.465. The van der Waals surface area contributed by atoms with Gasteiger partial charge in [0.05, 0.1) is 0 Å². The Bertz CT molecular complexity index is 684. The maximum Gasteiger partial charge on any atom is 0.483 e. The van der Waals surface area contributed by atoms with Crippen LogP contribution in [0.4, 0.5) is 79.0 Å². The summed E-state index contributed by atoms with van der Waals surface area (Å²) in [6, 6.07) is 0. The van der Waals surface area contributed by atoms with Crippen LogP contribution in [0, 0.1) is 0 Å². The molecule has 2 atom stereocenters. The molecule has 23 heteroatoms. The van der Waals surface area contributed by atoms with Crippen molar-refractivity contribution < 1.29 is 103 Å². The van der Waals surface area contributed by atoms with Crippen molar-refractivity contribution in [3.8, 4) is 0 Å². The molecule has 196 valence electrons. The number of hydrogen-bond donors (Lipinski definition) is 0. The van der Waals surface area contributed by atoms with Crippen molar-refractivity contribution in [1.29, 1.82) is 0 Å². The number of alkyl halides is 18. The lowest BCUT2D eigenvalue weighted by Crippen LogP contribution is -2.61. The van der Waals surface area contributed by atoms with Crippen LogP contribution in [0.3, 0.4) is 0 Å². The highest BCUT2D eigenvalue weighted by molar-refractivity contribution is 5.93. The largest absolute Gasteiger partial charge is 0.483 e. The molecular weight excluding hydrogens is 542 g/mol. The third-order valence-electron chi connectivity index (χ3n) is 2.64. The van der Waals surface area contributed by atoms with Gasteiger partial charge < -0.3 is 4.74 Å². The molecule has 0 aromatic rings. The summed E-state index contributed by atoms with van der Waals surface area (Å²) in [4.78, 5) is 21.8. The average Bonchev–Trinajstić information content (AvgIpc) is 2.49. The van der Waals surface area contributed by atoms with Gasteiger partial charge in [0.2, 0.25) is 0 Å². The van der Waals surface area contributed by atoms with Crippen LogP contribution < -0.4 is 0 Å². The van der Waals surface area contributed by atoms with Gasteiger partial charge in [0.25, 0.3) is 0 Å². The van der Waals surface area contributed by atoms with E-state index in [1.165, 1.54) is 9.47 Å². The molecule has 0 aromatic carbocycles. The first-order valence-corrected chi connectivity index (χ1v) is 6.53. The average molecular weight is 542 g/mol. The normalized spacial score (nSPS) is 18.4. The summed E-state index contributed by atoms with van der Waals surface area (Å²) in [5.41, 5.74) is 0. The molecule has 0 N–H and O–H groups in total. The molecule has 2 unspecified atom stereocenters. The SMILES string of the molecule is O=C(OC(=O)C(F)(OC(F)(F)C(F)(F)F)C(F)(F)F)C(F)(OC(F)(F)C(F)(F)F)C(F)(F)F. The first-order chi connectivity index (χ1) is 14.0. The lowest BCUT2D eigenvalue weighted by Gasteiger charge is -2.32. The maximum absolute atomic E-state index is 13.6. The van der Waals surface area contributed by atoms with Crippen molar-refractivity contribution in [3.63, 3.8) is 0 Å². The van der Waals surface area contributed by atoms with Crippen LogP contribution in [0.5, 0.6) is 0 Å². The molecule has 0 aliphatic rings. The predicted molar refractivity (Wildman–Crippen MR) is 55.1 cm³/mol. The Morgan fingerprint density at radius 1 is 0.394 bits per heavy atom. The molecule has 0 saturated heterocycles. The van der Waals surface area contributed by atoms with Crippen molar-refractivity contribution in [2.75, 3.05) is 0 Å². The van der Waals surface area contributed by atoms with Gasteiger partial charge in [0.1, 0.15) is 0 Å². The molecule has 0 rings (SSSR count). The van der Waals surface area contributed by atoms with Crippen LogP contribution in [-0.4, -0.2) is 60.6 Å². The minimum atomic E-state index is -7.51. The summed E-state index contributed by atoms with van der Waals surface area (Å²) in [5.74, 6) is -24.0. The van der Waals surface area contributed by atoms with E-state index in [0.29, 0.717) is 0 Å². The highest BCUT2D eigenvalue weighted by Gasteiger charge is 2.77. The van der Waals surface area contributed by atoms with Crippen LogP contribution in [-0.2, 0) is 23.8 Å².